The molecule has 0 saturated carbocycles. The standard InChI is InChI=1S/C5H9N/c1-4-5(2)6-3/h4H,3H2,1-2H3/b5-4-. The van der Waals surface area contributed by atoms with E-state index >= 15 is 0 Å². The van der Waals surface area contributed by atoms with Gasteiger partial charge in [-0.15, -0.1) is 0 Å². The molecule has 0 fully saturated rings. The van der Waals surface area contributed by atoms with Crippen LogP contribution in [0.3, 0.4) is 0 Å². The third-order valence-electron chi connectivity index (χ3n) is 0.667. The Hall–Kier alpha value is -0.590. The number of hydrogen-bond donors (Lipinski definition) is 0. The van der Waals surface area contributed by atoms with Gasteiger partial charge in [-0.2, -0.15) is 0 Å². The fourth-order valence-electron chi connectivity index (χ4n) is 0.0913. The van der Waals surface area contributed by atoms with Gasteiger partial charge in [0.15, 0.2) is 0 Å². The molecule has 0 aromatic rings. The molecule has 0 rings (SSSR count). The number of rotatable bonds is 1. The minimum Gasteiger partial charge on any atom is -0.270 e. The Morgan fingerprint density at radius 3 is 2.33 bits per heavy atom. The maximum Gasteiger partial charge on any atom is 0.0322 e. The van der Waals surface area contributed by atoms with Crippen molar-refractivity contribution in [1.29, 1.82) is 0 Å². The Morgan fingerprint density at radius 1 is 1.83 bits per heavy atom. The second kappa shape index (κ2) is 2.64. The highest BCUT2D eigenvalue weighted by Gasteiger charge is 1.67. The van der Waals surface area contributed by atoms with E-state index in [0.29, 0.717) is 0 Å². The summed E-state index contributed by atoms with van der Waals surface area (Å²) < 4.78 is 0. The number of nitrogens with zero attached hydrogens (tertiary/aromatic N) is 1. The van der Waals surface area contributed by atoms with Crippen molar-refractivity contribution >= 4 is 6.72 Å². The van der Waals surface area contributed by atoms with Crippen molar-refractivity contribution in [2.75, 3.05) is 0 Å². The zero-order chi connectivity index (χ0) is 4.99. The van der Waals surface area contributed by atoms with Gasteiger partial charge in [0, 0.05) is 5.70 Å². The van der Waals surface area contributed by atoms with Gasteiger partial charge >= 0.3 is 0 Å². The molecule has 0 aliphatic rings. The monoisotopic (exact) mass is 83.1 g/mol. The lowest BCUT2D eigenvalue weighted by Crippen LogP contribution is -1.58. The van der Waals surface area contributed by atoms with Crippen molar-refractivity contribution in [1.82, 2.24) is 0 Å². The van der Waals surface area contributed by atoms with Crippen LogP contribution in [0.4, 0.5) is 0 Å². The van der Waals surface area contributed by atoms with Gasteiger partial charge in [-0.25, -0.2) is 0 Å². The molecule has 0 saturated heterocycles. The zero-order valence-corrected chi connectivity index (χ0v) is 4.23. The third-order valence-corrected chi connectivity index (χ3v) is 0.667. The van der Waals surface area contributed by atoms with Gasteiger partial charge in [-0.05, 0) is 20.6 Å². The van der Waals surface area contributed by atoms with Gasteiger partial charge < -0.3 is 0 Å². The maximum atomic E-state index is 3.62. The van der Waals surface area contributed by atoms with E-state index in [1.54, 1.807) is 0 Å². The van der Waals surface area contributed by atoms with Gasteiger partial charge in [0.2, 0.25) is 0 Å². The fourth-order valence-corrected chi connectivity index (χ4v) is 0.0913. The molecule has 0 atom stereocenters. The van der Waals surface area contributed by atoms with Gasteiger partial charge in [-0.3, -0.25) is 4.99 Å². The first-order valence-corrected chi connectivity index (χ1v) is 1.91. The summed E-state index contributed by atoms with van der Waals surface area (Å²) in [7, 11) is 0. The quantitative estimate of drug-likeness (QED) is 0.427. The van der Waals surface area contributed by atoms with Crippen LogP contribution >= 0.6 is 0 Å². The molecule has 0 spiro atoms. The summed E-state index contributed by atoms with van der Waals surface area (Å²) in [6.45, 7) is 7.16. The molecule has 0 aliphatic heterocycles. The number of hydrogen-bond acceptors (Lipinski definition) is 1. The van der Waals surface area contributed by atoms with Gasteiger partial charge in [0.25, 0.3) is 0 Å². The van der Waals surface area contributed by atoms with Crippen LogP contribution in [-0.4, -0.2) is 6.72 Å². The lowest BCUT2D eigenvalue weighted by molar-refractivity contribution is 1.30. The fraction of sp³-hybridized carbons (Fsp3) is 0.400. The van der Waals surface area contributed by atoms with E-state index in [-0.39, 0.29) is 0 Å². The Labute approximate surface area is 38.4 Å². The average molecular weight is 83.1 g/mol. The van der Waals surface area contributed by atoms with E-state index in [1.807, 2.05) is 19.9 Å². The summed E-state index contributed by atoms with van der Waals surface area (Å²) in [6, 6.07) is 0. The Balaban J connectivity index is 3.50. The van der Waals surface area contributed by atoms with Crippen molar-refractivity contribution in [3.8, 4) is 0 Å². The minimum absolute atomic E-state index is 0.981. The minimum atomic E-state index is 0.981. The van der Waals surface area contributed by atoms with Crippen molar-refractivity contribution < 1.29 is 0 Å². The van der Waals surface area contributed by atoms with E-state index in [4.69, 9.17) is 0 Å². The van der Waals surface area contributed by atoms with Crippen molar-refractivity contribution in [3.05, 3.63) is 11.8 Å². The predicted octanol–water partition coefficient (Wildman–Crippen LogP) is 1.61. The second-order valence-corrected chi connectivity index (χ2v) is 1.09. The van der Waals surface area contributed by atoms with E-state index in [1.165, 1.54) is 0 Å². The van der Waals surface area contributed by atoms with Crippen molar-refractivity contribution in [2.24, 2.45) is 4.99 Å². The summed E-state index contributed by atoms with van der Waals surface area (Å²) >= 11 is 0. The summed E-state index contributed by atoms with van der Waals surface area (Å²) in [6.07, 6.45) is 1.91. The summed E-state index contributed by atoms with van der Waals surface area (Å²) in [4.78, 5) is 3.62. The lowest BCUT2D eigenvalue weighted by Gasteiger charge is -1.78. The molecule has 0 N–H and O–H groups in total. The first-order chi connectivity index (χ1) is 2.81. The zero-order valence-electron chi connectivity index (χ0n) is 4.23. The predicted molar refractivity (Wildman–Crippen MR) is 29.0 cm³/mol. The largest absolute Gasteiger partial charge is 0.270 e. The molecule has 0 aromatic carbocycles. The van der Waals surface area contributed by atoms with Gasteiger partial charge in [0.05, 0.1) is 0 Å². The van der Waals surface area contributed by atoms with Crippen molar-refractivity contribution in [2.45, 2.75) is 13.8 Å². The third kappa shape index (κ3) is 1.70. The first-order valence-electron chi connectivity index (χ1n) is 1.91. The van der Waals surface area contributed by atoms with Crippen LogP contribution in [0.5, 0.6) is 0 Å². The van der Waals surface area contributed by atoms with Crippen LogP contribution < -0.4 is 0 Å². The lowest BCUT2D eigenvalue weighted by atomic mass is 10.5. The molecule has 0 radical (unpaired) electrons. The van der Waals surface area contributed by atoms with Crippen LogP contribution in [0.25, 0.3) is 0 Å². The summed E-state index contributed by atoms with van der Waals surface area (Å²) in [5, 5.41) is 0. The molecule has 6 heavy (non-hydrogen) atoms. The molecule has 0 amide bonds. The van der Waals surface area contributed by atoms with E-state index < -0.39 is 0 Å². The molecule has 34 valence electrons. The number of aliphatic imine (C=N–C) groups is 1. The number of allylic oxidation sites excluding steroid dienone is 2. The van der Waals surface area contributed by atoms with Crippen LogP contribution in [0.2, 0.25) is 0 Å². The molecular weight excluding hydrogens is 74.1 g/mol. The maximum absolute atomic E-state index is 3.62. The normalized spacial score (nSPS) is 11.3. The van der Waals surface area contributed by atoms with E-state index in [9.17, 15) is 0 Å². The van der Waals surface area contributed by atoms with Gasteiger partial charge in [-0.1, -0.05) is 6.08 Å². The Bertz CT molecular complexity index is 72.0. The van der Waals surface area contributed by atoms with Crippen LogP contribution in [-0.2, 0) is 0 Å². The Kier molecular flexibility index (Phi) is 2.38. The topological polar surface area (TPSA) is 12.4 Å². The van der Waals surface area contributed by atoms with Crippen LogP contribution in [0, 0.1) is 0 Å². The molecule has 0 aliphatic carbocycles. The summed E-state index contributed by atoms with van der Waals surface area (Å²) in [5.74, 6) is 0. The highest BCUT2D eigenvalue weighted by molar-refractivity contribution is 5.27. The smallest absolute Gasteiger partial charge is 0.0322 e. The second-order valence-electron chi connectivity index (χ2n) is 1.09. The average Bonchev–Trinajstić information content (AvgIpc) is 1.65. The van der Waals surface area contributed by atoms with Crippen LogP contribution in [0.15, 0.2) is 16.8 Å². The van der Waals surface area contributed by atoms with E-state index in [0.717, 1.165) is 5.70 Å². The SMILES string of the molecule is C=N/C(C)=C\C. The molecule has 0 heterocycles. The highest BCUT2D eigenvalue weighted by Crippen LogP contribution is 1.87. The Morgan fingerprint density at radius 2 is 2.33 bits per heavy atom. The molecule has 1 heteroatoms. The van der Waals surface area contributed by atoms with Crippen molar-refractivity contribution in [3.63, 3.8) is 0 Å². The van der Waals surface area contributed by atoms with E-state index in [2.05, 4.69) is 11.7 Å². The van der Waals surface area contributed by atoms with Gasteiger partial charge in [0.1, 0.15) is 0 Å². The molecule has 1 nitrogen and oxygen atoms in total. The molecular formula is C5H9N. The molecule has 0 aromatic heterocycles. The summed E-state index contributed by atoms with van der Waals surface area (Å²) in [5.41, 5.74) is 0.981. The first kappa shape index (κ1) is 5.41. The van der Waals surface area contributed by atoms with Crippen LogP contribution in [0.1, 0.15) is 13.8 Å². The highest BCUT2D eigenvalue weighted by atomic mass is 14.7. The molecule has 0 unspecified atom stereocenters. The molecule has 0 bridgehead atoms.